The Morgan fingerprint density at radius 1 is 0.848 bits per heavy atom. The van der Waals surface area contributed by atoms with Crippen molar-refractivity contribution in [3.8, 4) is 5.75 Å². The summed E-state index contributed by atoms with van der Waals surface area (Å²) in [6.45, 7) is 0. The van der Waals surface area contributed by atoms with E-state index in [0.717, 1.165) is 10.8 Å². The number of nitrogens with zero attached hydrogens (tertiary/aromatic N) is 1. The molecule has 0 fully saturated rings. The predicted octanol–water partition coefficient (Wildman–Crippen LogP) is 5.26. The van der Waals surface area contributed by atoms with Crippen LogP contribution in [0.15, 0.2) is 84.9 Å². The van der Waals surface area contributed by atoms with E-state index in [1.54, 1.807) is 18.2 Å². The van der Waals surface area contributed by atoms with Gasteiger partial charge in [-0.3, -0.25) is 19.7 Å². The number of fused-ring (bicyclic) bond motifs is 1. The molecule has 0 saturated carbocycles. The molecule has 0 saturated heterocycles. The number of nitro benzene ring substituents is 1. The SMILES string of the molecule is COc1ccc(NC(=O)c2ccc(NC(=O)c3cccc4ccccc34)cc2)c([N+](=O)[O-])c1. The molecule has 0 aliphatic heterocycles. The number of hydrogen-bond acceptors (Lipinski definition) is 5. The van der Waals surface area contributed by atoms with Gasteiger partial charge < -0.3 is 15.4 Å². The lowest BCUT2D eigenvalue weighted by Crippen LogP contribution is -2.14. The van der Waals surface area contributed by atoms with Gasteiger partial charge in [-0.25, -0.2) is 0 Å². The number of amides is 2. The quantitative estimate of drug-likeness (QED) is 0.313. The summed E-state index contributed by atoms with van der Waals surface area (Å²) < 4.78 is 5.00. The van der Waals surface area contributed by atoms with Gasteiger partial charge in [0.15, 0.2) is 0 Å². The van der Waals surface area contributed by atoms with Gasteiger partial charge in [0.25, 0.3) is 17.5 Å². The van der Waals surface area contributed by atoms with Crippen LogP contribution in [0.4, 0.5) is 17.1 Å². The summed E-state index contributed by atoms with van der Waals surface area (Å²) >= 11 is 0. The minimum Gasteiger partial charge on any atom is -0.496 e. The third-order valence-corrected chi connectivity index (χ3v) is 5.09. The van der Waals surface area contributed by atoms with Crippen LogP contribution in [0.5, 0.6) is 5.75 Å². The third-order valence-electron chi connectivity index (χ3n) is 5.09. The summed E-state index contributed by atoms with van der Waals surface area (Å²) in [4.78, 5) is 36.1. The molecule has 0 atom stereocenters. The summed E-state index contributed by atoms with van der Waals surface area (Å²) in [5, 5.41) is 18.5. The van der Waals surface area contributed by atoms with Crippen molar-refractivity contribution in [2.24, 2.45) is 0 Å². The molecule has 0 aliphatic carbocycles. The smallest absolute Gasteiger partial charge is 0.296 e. The van der Waals surface area contributed by atoms with Crippen LogP contribution in [0.2, 0.25) is 0 Å². The predicted molar refractivity (Wildman–Crippen MR) is 126 cm³/mol. The third kappa shape index (κ3) is 4.64. The van der Waals surface area contributed by atoms with E-state index in [0.29, 0.717) is 17.0 Å². The number of benzene rings is 4. The maximum atomic E-state index is 12.8. The fourth-order valence-corrected chi connectivity index (χ4v) is 3.42. The average molecular weight is 441 g/mol. The van der Waals surface area contributed by atoms with E-state index in [-0.39, 0.29) is 22.8 Å². The first-order chi connectivity index (χ1) is 16.0. The molecule has 8 nitrogen and oxygen atoms in total. The lowest BCUT2D eigenvalue weighted by molar-refractivity contribution is -0.384. The van der Waals surface area contributed by atoms with Crippen LogP contribution in [0.25, 0.3) is 10.8 Å². The van der Waals surface area contributed by atoms with Crippen LogP contribution in [-0.4, -0.2) is 23.8 Å². The number of rotatable bonds is 6. The molecule has 164 valence electrons. The normalized spacial score (nSPS) is 10.5. The number of nitro groups is 1. The van der Waals surface area contributed by atoms with E-state index in [2.05, 4.69) is 10.6 Å². The van der Waals surface area contributed by atoms with Gasteiger partial charge in [-0.15, -0.1) is 0 Å². The molecule has 0 bridgehead atoms. The topological polar surface area (TPSA) is 111 Å². The minimum atomic E-state index is -0.593. The van der Waals surface area contributed by atoms with E-state index in [9.17, 15) is 19.7 Å². The number of ether oxygens (including phenoxy) is 1. The van der Waals surface area contributed by atoms with Crippen molar-refractivity contribution < 1.29 is 19.2 Å². The Morgan fingerprint density at radius 2 is 1.58 bits per heavy atom. The monoisotopic (exact) mass is 441 g/mol. The van der Waals surface area contributed by atoms with Crippen molar-refractivity contribution in [2.75, 3.05) is 17.7 Å². The van der Waals surface area contributed by atoms with Crippen molar-refractivity contribution in [1.29, 1.82) is 0 Å². The van der Waals surface area contributed by atoms with Crippen LogP contribution in [0.3, 0.4) is 0 Å². The molecule has 2 amide bonds. The molecule has 0 heterocycles. The van der Waals surface area contributed by atoms with Crippen LogP contribution in [0, 0.1) is 10.1 Å². The lowest BCUT2D eigenvalue weighted by Gasteiger charge is -2.10. The van der Waals surface area contributed by atoms with Crippen molar-refractivity contribution >= 4 is 39.6 Å². The van der Waals surface area contributed by atoms with E-state index >= 15 is 0 Å². The lowest BCUT2D eigenvalue weighted by atomic mass is 10.0. The number of nitrogens with one attached hydrogen (secondary N) is 2. The Balaban J connectivity index is 1.49. The minimum absolute atomic E-state index is 0.0548. The first-order valence-corrected chi connectivity index (χ1v) is 9.99. The molecular formula is C25H19N3O5. The van der Waals surface area contributed by atoms with Crippen molar-refractivity contribution in [1.82, 2.24) is 0 Å². The molecule has 0 aromatic heterocycles. The first-order valence-electron chi connectivity index (χ1n) is 9.99. The molecule has 33 heavy (non-hydrogen) atoms. The van der Waals surface area contributed by atoms with Gasteiger partial charge in [-0.2, -0.15) is 0 Å². The zero-order valence-corrected chi connectivity index (χ0v) is 17.6. The number of anilines is 2. The second kappa shape index (κ2) is 9.19. The number of carbonyl (C=O) groups is 2. The highest BCUT2D eigenvalue weighted by Gasteiger charge is 2.18. The molecule has 2 N–H and O–H groups in total. The fraction of sp³-hybridized carbons (Fsp3) is 0.0400. The maximum Gasteiger partial charge on any atom is 0.296 e. The number of hydrogen-bond donors (Lipinski definition) is 2. The second-order valence-corrected chi connectivity index (χ2v) is 7.15. The second-order valence-electron chi connectivity index (χ2n) is 7.15. The van der Waals surface area contributed by atoms with Crippen molar-refractivity contribution in [3.63, 3.8) is 0 Å². The van der Waals surface area contributed by atoms with Gasteiger partial charge in [0.05, 0.1) is 18.1 Å². The molecule has 8 heteroatoms. The maximum absolute atomic E-state index is 12.8. The Labute approximate surface area is 189 Å². The molecule has 0 unspecified atom stereocenters. The number of methoxy groups -OCH3 is 1. The highest BCUT2D eigenvalue weighted by molar-refractivity contribution is 6.13. The number of carbonyl (C=O) groups excluding carboxylic acids is 2. The molecular weight excluding hydrogens is 422 g/mol. The zero-order chi connectivity index (χ0) is 23.4. The summed E-state index contributed by atoms with van der Waals surface area (Å²) in [5.74, 6) is -0.473. The fourth-order valence-electron chi connectivity index (χ4n) is 3.42. The van der Waals surface area contributed by atoms with Gasteiger partial charge >= 0.3 is 0 Å². The summed E-state index contributed by atoms with van der Waals surface area (Å²) in [6.07, 6.45) is 0. The van der Waals surface area contributed by atoms with E-state index in [1.165, 1.54) is 37.4 Å². The van der Waals surface area contributed by atoms with E-state index in [4.69, 9.17) is 4.74 Å². The van der Waals surface area contributed by atoms with E-state index in [1.807, 2.05) is 36.4 Å². The highest BCUT2D eigenvalue weighted by Crippen LogP contribution is 2.29. The summed E-state index contributed by atoms with van der Waals surface area (Å²) in [5.41, 5.74) is 1.12. The largest absolute Gasteiger partial charge is 0.496 e. The average Bonchev–Trinajstić information content (AvgIpc) is 2.84. The molecule has 0 spiro atoms. The van der Waals surface area contributed by atoms with Crippen molar-refractivity contribution in [2.45, 2.75) is 0 Å². The Hall–Kier alpha value is -4.72. The zero-order valence-electron chi connectivity index (χ0n) is 17.6. The molecule has 4 aromatic rings. The Kier molecular flexibility index (Phi) is 5.99. The first kappa shape index (κ1) is 21.5. The molecule has 0 radical (unpaired) electrons. The van der Waals surface area contributed by atoms with Crippen molar-refractivity contribution in [3.05, 3.63) is 106 Å². The molecule has 4 rings (SSSR count). The van der Waals surface area contributed by atoms with Crippen LogP contribution in [0.1, 0.15) is 20.7 Å². The van der Waals surface area contributed by atoms with Crippen LogP contribution in [-0.2, 0) is 0 Å². The van der Waals surface area contributed by atoms with Gasteiger partial charge in [0, 0.05) is 16.8 Å². The molecule has 0 aliphatic rings. The highest BCUT2D eigenvalue weighted by atomic mass is 16.6. The van der Waals surface area contributed by atoms with Crippen LogP contribution >= 0.6 is 0 Å². The summed E-state index contributed by atoms with van der Waals surface area (Å²) in [7, 11) is 1.40. The standard InChI is InChI=1S/C25H19N3O5/c1-33-19-13-14-22(23(15-19)28(31)32)27-24(29)17-9-11-18(12-10-17)26-25(30)21-8-4-6-16-5-2-3-7-20(16)21/h2-15H,1H3,(H,26,30)(H,27,29). The van der Waals surface area contributed by atoms with Gasteiger partial charge in [0.1, 0.15) is 11.4 Å². The van der Waals surface area contributed by atoms with Gasteiger partial charge in [-0.05, 0) is 53.2 Å². The Bertz CT molecular complexity index is 1360. The summed E-state index contributed by atoms with van der Waals surface area (Å²) in [6, 6.07) is 23.5. The van der Waals surface area contributed by atoms with Gasteiger partial charge in [-0.1, -0.05) is 36.4 Å². The molecule has 4 aromatic carbocycles. The van der Waals surface area contributed by atoms with Crippen LogP contribution < -0.4 is 15.4 Å². The van der Waals surface area contributed by atoms with E-state index < -0.39 is 10.8 Å². The van der Waals surface area contributed by atoms with Gasteiger partial charge in [0.2, 0.25) is 0 Å². The Morgan fingerprint density at radius 3 is 2.30 bits per heavy atom.